The Morgan fingerprint density at radius 3 is 2.87 bits per heavy atom. The van der Waals surface area contributed by atoms with Gasteiger partial charge in [-0.1, -0.05) is 0 Å². The van der Waals surface area contributed by atoms with Gasteiger partial charge in [0, 0.05) is 6.20 Å². The van der Waals surface area contributed by atoms with E-state index in [0.29, 0.717) is 5.65 Å². The summed E-state index contributed by atoms with van der Waals surface area (Å²) in [6.45, 7) is 0. The summed E-state index contributed by atoms with van der Waals surface area (Å²) in [6, 6.07) is 3.00. The fraction of sp³-hybridized carbons (Fsp3) is 0. The van der Waals surface area contributed by atoms with E-state index < -0.39 is 17.0 Å². The zero-order valence-corrected chi connectivity index (χ0v) is 8.27. The van der Waals surface area contributed by atoms with Gasteiger partial charge in [0.25, 0.3) is 5.91 Å². The molecule has 2 rings (SSSR count). The summed E-state index contributed by atoms with van der Waals surface area (Å²) in [7, 11) is 0. The number of imidazole rings is 1. The van der Waals surface area contributed by atoms with Crippen molar-refractivity contribution in [3.8, 4) is 0 Å². The molecule has 0 fully saturated rings. The van der Waals surface area contributed by atoms with Gasteiger partial charge in [0.2, 0.25) is 0 Å². The zero-order valence-electron chi connectivity index (χ0n) is 7.45. The maximum absolute atomic E-state index is 11.0. The Labute approximate surface area is 87.0 Å². The molecule has 2 aromatic heterocycles. The molecule has 0 saturated heterocycles. The van der Waals surface area contributed by atoms with Gasteiger partial charge in [0.15, 0.2) is 11.1 Å². The van der Waals surface area contributed by atoms with Crippen LogP contribution in [0, 0.1) is 0 Å². The molecular weight excluding hydrogens is 218 g/mol. The molecule has 0 spiro atoms. The molecule has 0 aromatic carbocycles. The Morgan fingerprint density at radius 1 is 1.53 bits per heavy atom. The van der Waals surface area contributed by atoms with E-state index in [0.717, 1.165) is 0 Å². The molecule has 1 unspecified atom stereocenters. The van der Waals surface area contributed by atoms with E-state index in [4.69, 9.17) is 10.3 Å². The molecule has 2 aromatic rings. The highest BCUT2D eigenvalue weighted by molar-refractivity contribution is 7.79. The monoisotopic (exact) mass is 225 g/mol. The summed E-state index contributed by atoms with van der Waals surface area (Å²) >= 11 is -2.09. The highest BCUT2D eigenvalue weighted by Crippen LogP contribution is 2.10. The largest absolute Gasteiger partial charge is 0.364 e. The fourth-order valence-electron chi connectivity index (χ4n) is 1.25. The summed E-state index contributed by atoms with van der Waals surface area (Å²) in [6.07, 6.45) is 2.68. The summed E-state index contributed by atoms with van der Waals surface area (Å²) < 4.78 is 21.1. The van der Waals surface area contributed by atoms with Gasteiger partial charge in [0.05, 0.1) is 11.1 Å². The van der Waals surface area contributed by atoms with Crippen LogP contribution in [-0.2, 0) is 11.1 Å². The molecule has 0 aliphatic carbocycles. The Morgan fingerprint density at radius 2 is 2.27 bits per heavy atom. The lowest BCUT2D eigenvalue weighted by Crippen LogP contribution is -2.13. The number of hydrogen-bond donors (Lipinski definition) is 2. The molecule has 0 aliphatic rings. The quantitative estimate of drug-likeness (QED) is 0.703. The van der Waals surface area contributed by atoms with Crippen molar-refractivity contribution in [1.82, 2.24) is 9.38 Å². The van der Waals surface area contributed by atoms with Crippen molar-refractivity contribution in [2.75, 3.05) is 0 Å². The second-order valence-corrected chi connectivity index (χ2v) is 3.82. The molecule has 15 heavy (non-hydrogen) atoms. The number of rotatable bonds is 2. The van der Waals surface area contributed by atoms with E-state index >= 15 is 0 Å². The minimum absolute atomic E-state index is 0.178. The lowest BCUT2D eigenvalue weighted by molar-refractivity contribution is 0.0994. The lowest BCUT2D eigenvalue weighted by Gasteiger charge is -1.99. The average molecular weight is 225 g/mol. The number of pyridine rings is 1. The lowest BCUT2D eigenvalue weighted by atomic mass is 10.4. The van der Waals surface area contributed by atoms with E-state index in [-0.39, 0.29) is 10.6 Å². The van der Waals surface area contributed by atoms with E-state index in [1.54, 1.807) is 0 Å². The molecule has 7 heteroatoms. The van der Waals surface area contributed by atoms with Crippen LogP contribution in [0.3, 0.4) is 0 Å². The minimum Gasteiger partial charge on any atom is -0.364 e. The average Bonchev–Trinajstić information content (AvgIpc) is 2.59. The fourth-order valence-corrected chi connectivity index (χ4v) is 1.63. The van der Waals surface area contributed by atoms with Gasteiger partial charge >= 0.3 is 0 Å². The predicted octanol–water partition coefficient (Wildman–Crippen LogP) is 0.0138. The summed E-state index contributed by atoms with van der Waals surface area (Å²) in [5.74, 6) is -0.636. The van der Waals surface area contributed by atoms with Crippen molar-refractivity contribution in [1.29, 1.82) is 0 Å². The van der Waals surface area contributed by atoms with Crippen molar-refractivity contribution >= 4 is 22.6 Å². The van der Waals surface area contributed by atoms with Crippen LogP contribution in [0.1, 0.15) is 10.5 Å². The number of amides is 1. The number of nitrogens with two attached hydrogens (primary N) is 1. The SMILES string of the molecule is NC(=O)c1cnc2ccc(S(=O)O)cn12. The first-order valence-corrected chi connectivity index (χ1v) is 5.08. The maximum atomic E-state index is 11.0. The number of fused-ring (bicyclic) bond motifs is 1. The normalized spacial score (nSPS) is 12.9. The van der Waals surface area contributed by atoms with Crippen LogP contribution >= 0.6 is 0 Å². The smallest absolute Gasteiger partial charge is 0.267 e. The van der Waals surface area contributed by atoms with Gasteiger partial charge in [0.1, 0.15) is 11.3 Å². The number of carbonyl (C=O) groups excluding carboxylic acids is 1. The second-order valence-electron chi connectivity index (χ2n) is 2.85. The molecule has 0 radical (unpaired) electrons. The molecular formula is C8H7N3O3S. The number of carbonyl (C=O) groups is 1. The zero-order chi connectivity index (χ0) is 11.0. The van der Waals surface area contributed by atoms with Gasteiger partial charge in [-0.25, -0.2) is 9.19 Å². The Balaban J connectivity index is 2.72. The molecule has 0 bridgehead atoms. The first-order chi connectivity index (χ1) is 7.09. The van der Waals surface area contributed by atoms with Gasteiger partial charge in [-0.3, -0.25) is 9.20 Å². The summed E-state index contributed by atoms with van der Waals surface area (Å²) in [4.78, 5) is 15.1. The van der Waals surface area contributed by atoms with Crippen LogP contribution < -0.4 is 5.73 Å². The van der Waals surface area contributed by atoms with E-state index in [1.807, 2.05) is 0 Å². The molecule has 1 amide bonds. The first kappa shape index (κ1) is 9.81. The minimum atomic E-state index is -2.09. The van der Waals surface area contributed by atoms with E-state index in [2.05, 4.69) is 4.98 Å². The molecule has 3 N–H and O–H groups in total. The van der Waals surface area contributed by atoms with Crippen LogP contribution in [0.15, 0.2) is 29.4 Å². The third-order valence-electron chi connectivity index (χ3n) is 1.93. The first-order valence-electron chi connectivity index (χ1n) is 3.97. The predicted molar refractivity (Wildman–Crippen MR) is 52.7 cm³/mol. The molecule has 0 saturated carbocycles. The van der Waals surface area contributed by atoms with Gasteiger partial charge < -0.3 is 10.3 Å². The van der Waals surface area contributed by atoms with Crippen LogP contribution in [0.2, 0.25) is 0 Å². The third kappa shape index (κ3) is 1.62. The molecule has 6 nitrogen and oxygen atoms in total. The topological polar surface area (TPSA) is 97.7 Å². The number of nitrogens with zero attached hydrogens (tertiary/aromatic N) is 2. The van der Waals surface area contributed by atoms with Crippen molar-refractivity contribution in [2.45, 2.75) is 4.90 Å². The Bertz CT molecular complexity index is 563. The van der Waals surface area contributed by atoms with Crippen molar-refractivity contribution in [2.24, 2.45) is 5.73 Å². The number of hydrogen-bond acceptors (Lipinski definition) is 3. The third-order valence-corrected chi connectivity index (χ3v) is 2.58. The maximum Gasteiger partial charge on any atom is 0.267 e. The van der Waals surface area contributed by atoms with Gasteiger partial charge in [-0.15, -0.1) is 0 Å². The summed E-state index contributed by atoms with van der Waals surface area (Å²) in [5.41, 5.74) is 5.79. The number of primary amides is 1. The Kier molecular flexibility index (Phi) is 2.25. The van der Waals surface area contributed by atoms with E-state index in [9.17, 15) is 9.00 Å². The Hall–Kier alpha value is -1.73. The molecule has 78 valence electrons. The van der Waals surface area contributed by atoms with Crippen LogP contribution in [0.5, 0.6) is 0 Å². The van der Waals surface area contributed by atoms with Gasteiger partial charge in [-0.05, 0) is 12.1 Å². The highest BCUT2D eigenvalue weighted by atomic mass is 32.2. The molecule has 1 atom stereocenters. The van der Waals surface area contributed by atoms with Crippen molar-refractivity contribution < 1.29 is 13.6 Å². The van der Waals surface area contributed by atoms with Crippen LogP contribution in [0.4, 0.5) is 0 Å². The summed E-state index contributed by atoms with van der Waals surface area (Å²) in [5, 5.41) is 0. The van der Waals surface area contributed by atoms with Crippen LogP contribution in [-0.4, -0.2) is 24.1 Å². The van der Waals surface area contributed by atoms with Crippen molar-refractivity contribution in [3.05, 3.63) is 30.2 Å². The second kappa shape index (κ2) is 3.44. The van der Waals surface area contributed by atoms with Crippen molar-refractivity contribution in [3.63, 3.8) is 0 Å². The number of aromatic nitrogens is 2. The highest BCUT2D eigenvalue weighted by Gasteiger charge is 2.09. The molecule has 0 aliphatic heterocycles. The van der Waals surface area contributed by atoms with Gasteiger partial charge in [-0.2, -0.15) is 0 Å². The van der Waals surface area contributed by atoms with E-state index in [1.165, 1.54) is 28.9 Å². The molecule has 2 heterocycles. The standard InChI is InChI=1S/C8H7N3O3S/c9-8(12)6-3-10-7-2-1-5(15(13)14)4-11(6)7/h1-4H,(H2,9,12)(H,13,14). The van der Waals surface area contributed by atoms with Crippen LogP contribution in [0.25, 0.3) is 5.65 Å².